The van der Waals surface area contributed by atoms with E-state index in [4.69, 9.17) is 10.5 Å². The Morgan fingerprint density at radius 3 is 2.85 bits per heavy atom. The van der Waals surface area contributed by atoms with Gasteiger partial charge in [-0.3, -0.25) is 4.79 Å². The first kappa shape index (κ1) is 21.8. The first-order valence-electron chi connectivity index (χ1n) is 11.8. The Balaban J connectivity index is 1.18. The molecule has 3 atom stereocenters. The smallest absolute Gasteiger partial charge is 0.263 e. The summed E-state index contributed by atoms with van der Waals surface area (Å²) in [6.07, 6.45) is 2.10. The van der Waals surface area contributed by atoms with E-state index in [1.807, 2.05) is 31.2 Å². The molecular weight excluding hydrogens is 453 g/mol. The summed E-state index contributed by atoms with van der Waals surface area (Å²) in [4.78, 5) is 20.9. The number of fused-ring (bicyclic) bond motifs is 4. The Morgan fingerprint density at radius 2 is 2.06 bits per heavy atom. The minimum atomic E-state index is -0.183. The second kappa shape index (κ2) is 8.48. The van der Waals surface area contributed by atoms with Crippen LogP contribution < -0.4 is 21.3 Å². The zero-order valence-electron chi connectivity index (χ0n) is 19.1. The summed E-state index contributed by atoms with van der Waals surface area (Å²) in [6.45, 7) is 4.93. The summed E-state index contributed by atoms with van der Waals surface area (Å²) in [5, 5.41) is 7.31. The van der Waals surface area contributed by atoms with Crippen LogP contribution in [0.5, 0.6) is 0 Å². The number of aromatic nitrogens is 1. The number of nitrogens with one attached hydrogen (secondary N) is 2. The molecule has 6 rings (SSSR count). The van der Waals surface area contributed by atoms with Crippen molar-refractivity contribution in [3.63, 3.8) is 0 Å². The van der Waals surface area contributed by atoms with Crippen LogP contribution in [0, 0.1) is 12.7 Å². The molecule has 4 N–H and O–H groups in total. The number of pyridine rings is 1. The van der Waals surface area contributed by atoms with Gasteiger partial charge in [-0.1, -0.05) is 6.07 Å². The van der Waals surface area contributed by atoms with Crippen LogP contribution in [0.4, 0.5) is 15.8 Å². The molecule has 9 heteroatoms. The average molecular weight is 482 g/mol. The molecule has 2 saturated heterocycles. The molecule has 178 valence electrons. The first-order chi connectivity index (χ1) is 16.5. The van der Waals surface area contributed by atoms with Gasteiger partial charge < -0.3 is 26.0 Å². The van der Waals surface area contributed by atoms with Crippen LogP contribution in [0.1, 0.15) is 32.9 Å². The molecule has 2 fully saturated rings. The molecular formula is C25H28FN5O2S. The molecule has 1 aliphatic carbocycles. The molecule has 4 heterocycles. The molecule has 1 amide bonds. The quantitative estimate of drug-likeness (QED) is 0.533. The Hall–Kier alpha value is -2.75. The monoisotopic (exact) mass is 481 g/mol. The molecule has 0 saturated carbocycles. The number of halogens is 1. The van der Waals surface area contributed by atoms with Crippen molar-refractivity contribution in [2.24, 2.45) is 0 Å². The number of carbonyl (C=O) groups excluding carboxylic acids is 1. The number of carbonyl (C=O) groups is 1. The van der Waals surface area contributed by atoms with Crippen LogP contribution >= 0.6 is 11.3 Å². The zero-order valence-corrected chi connectivity index (χ0v) is 19.9. The van der Waals surface area contributed by atoms with Gasteiger partial charge in [0.25, 0.3) is 5.91 Å². The second-order valence-corrected chi connectivity index (χ2v) is 10.5. The first-order valence-corrected chi connectivity index (χ1v) is 12.7. The number of thiophene rings is 1. The Labute approximate surface area is 201 Å². The Bertz CT molecular complexity index is 1270. The third-order valence-corrected chi connectivity index (χ3v) is 8.24. The predicted octanol–water partition coefficient (Wildman–Crippen LogP) is 2.79. The van der Waals surface area contributed by atoms with Gasteiger partial charge in [-0.25, -0.2) is 9.37 Å². The van der Waals surface area contributed by atoms with Gasteiger partial charge in [0.15, 0.2) is 0 Å². The molecule has 2 bridgehead atoms. The van der Waals surface area contributed by atoms with Gasteiger partial charge in [-0.2, -0.15) is 0 Å². The standard InChI is InChI=1S/C25H28FN5O2S/c1-13-2-5-19-22(27)23(34-25(19)29-13)24(32)30-15-4-6-18-14(8-15)3-7-20(21(18)26)31-11-16-9-28-10-17(12-31)33-16/h2-3,5,7,15-17,28H,4,6,8-12,27H2,1H3,(H,30,32)/t15-,16?,17?/m1/s1. The lowest BCUT2D eigenvalue weighted by molar-refractivity contribution is -0.0485. The molecule has 1 aromatic carbocycles. The van der Waals surface area contributed by atoms with Gasteiger partial charge in [-0.05, 0) is 55.5 Å². The molecule has 34 heavy (non-hydrogen) atoms. The average Bonchev–Trinajstić information content (AvgIpc) is 3.14. The van der Waals surface area contributed by atoms with Gasteiger partial charge >= 0.3 is 0 Å². The third kappa shape index (κ3) is 3.81. The van der Waals surface area contributed by atoms with Crippen LogP contribution in [0.2, 0.25) is 0 Å². The third-order valence-electron chi connectivity index (χ3n) is 7.12. The number of anilines is 2. The van der Waals surface area contributed by atoms with Gasteiger partial charge in [0.05, 0.1) is 23.6 Å². The predicted molar refractivity (Wildman–Crippen MR) is 132 cm³/mol. The summed E-state index contributed by atoms with van der Waals surface area (Å²) in [5.41, 5.74) is 10.0. The van der Waals surface area contributed by atoms with Crippen molar-refractivity contribution in [1.29, 1.82) is 0 Å². The van der Waals surface area contributed by atoms with Crippen LogP contribution in [0.25, 0.3) is 10.2 Å². The highest BCUT2D eigenvalue weighted by Gasteiger charge is 2.33. The van der Waals surface area contributed by atoms with Crippen LogP contribution in [0.15, 0.2) is 24.3 Å². The van der Waals surface area contributed by atoms with Crippen molar-refractivity contribution < 1.29 is 13.9 Å². The SMILES string of the molecule is Cc1ccc2c(N)c(C(=O)N[C@@H]3CCc4c(ccc(N5CC6CNCC(C5)O6)c4F)C3)sc2n1. The minimum absolute atomic E-state index is 0.0571. The number of hydrogen-bond acceptors (Lipinski definition) is 7. The lowest BCUT2D eigenvalue weighted by atomic mass is 9.87. The maximum Gasteiger partial charge on any atom is 0.263 e. The van der Waals surface area contributed by atoms with E-state index in [2.05, 4.69) is 20.5 Å². The number of nitrogens with two attached hydrogens (primary N) is 1. The molecule has 3 aliphatic rings. The molecule has 3 aromatic rings. The maximum atomic E-state index is 15.6. The summed E-state index contributed by atoms with van der Waals surface area (Å²) in [6, 6.07) is 7.67. The van der Waals surface area contributed by atoms with Crippen LogP contribution in [-0.4, -0.2) is 55.3 Å². The van der Waals surface area contributed by atoms with Crippen LogP contribution in [0.3, 0.4) is 0 Å². The van der Waals surface area contributed by atoms with E-state index in [9.17, 15) is 4.79 Å². The summed E-state index contributed by atoms with van der Waals surface area (Å²) in [5.74, 6) is -0.303. The van der Waals surface area contributed by atoms with E-state index in [0.717, 1.165) is 40.1 Å². The van der Waals surface area contributed by atoms with Gasteiger partial charge in [0.1, 0.15) is 15.5 Å². The van der Waals surface area contributed by atoms with Crippen molar-refractivity contribution in [1.82, 2.24) is 15.6 Å². The Kier molecular flexibility index (Phi) is 5.43. The fourth-order valence-corrected chi connectivity index (χ4v) is 6.47. The van der Waals surface area contributed by atoms with Crippen molar-refractivity contribution in [2.45, 2.75) is 44.4 Å². The van der Waals surface area contributed by atoms with E-state index in [1.165, 1.54) is 11.3 Å². The van der Waals surface area contributed by atoms with Crippen molar-refractivity contribution in [3.8, 4) is 0 Å². The van der Waals surface area contributed by atoms with Crippen molar-refractivity contribution >= 4 is 38.8 Å². The fourth-order valence-electron chi connectivity index (χ4n) is 5.42. The van der Waals surface area contributed by atoms with Gasteiger partial charge in [0, 0.05) is 43.3 Å². The number of hydrogen-bond donors (Lipinski definition) is 3. The highest BCUT2D eigenvalue weighted by atomic mass is 32.1. The van der Waals surface area contributed by atoms with Gasteiger partial charge in [-0.15, -0.1) is 11.3 Å². The number of morpholine rings is 2. The normalized spacial score (nSPS) is 24.2. The molecule has 7 nitrogen and oxygen atoms in total. The summed E-state index contributed by atoms with van der Waals surface area (Å²) >= 11 is 1.32. The van der Waals surface area contributed by atoms with Gasteiger partial charge in [0.2, 0.25) is 0 Å². The minimum Gasteiger partial charge on any atom is -0.397 e. The van der Waals surface area contributed by atoms with E-state index < -0.39 is 0 Å². The molecule has 0 spiro atoms. The highest BCUT2D eigenvalue weighted by molar-refractivity contribution is 7.21. The fraction of sp³-hybridized carbons (Fsp3) is 0.440. The summed E-state index contributed by atoms with van der Waals surface area (Å²) in [7, 11) is 0. The molecule has 0 radical (unpaired) electrons. The van der Waals surface area contributed by atoms with Crippen LogP contribution in [-0.2, 0) is 17.6 Å². The number of benzene rings is 1. The summed E-state index contributed by atoms with van der Waals surface area (Å²) < 4.78 is 21.5. The topological polar surface area (TPSA) is 92.5 Å². The number of nitrogen functional groups attached to an aromatic ring is 1. The van der Waals surface area contributed by atoms with E-state index in [1.54, 1.807) is 0 Å². The van der Waals surface area contributed by atoms with E-state index >= 15 is 4.39 Å². The van der Waals surface area contributed by atoms with E-state index in [-0.39, 0.29) is 30.0 Å². The molecule has 2 aliphatic heterocycles. The highest BCUT2D eigenvalue weighted by Crippen LogP contribution is 2.34. The number of rotatable bonds is 3. The number of amides is 1. The van der Waals surface area contributed by atoms with Crippen molar-refractivity contribution in [2.75, 3.05) is 36.8 Å². The molecule has 2 aromatic heterocycles. The lowest BCUT2D eigenvalue weighted by Gasteiger charge is -2.43. The number of aryl methyl sites for hydroxylation is 1. The van der Waals surface area contributed by atoms with E-state index in [0.29, 0.717) is 48.6 Å². The molecule has 2 unspecified atom stereocenters. The van der Waals surface area contributed by atoms with Crippen molar-refractivity contribution in [3.05, 3.63) is 51.8 Å². The largest absolute Gasteiger partial charge is 0.397 e. The maximum absolute atomic E-state index is 15.6. The number of nitrogens with zero attached hydrogens (tertiary/aromatic N) is 2. The number of ether oxygens (including phenoxy) is 1. The zero-order chi connectivity index (χ0) is 23.4. The lowest BCUT2D eigenvalue weighted by Crippen LogP contribution is -2.58. The Morgan fingerprint density at radius 1 is 1.26 bits per heavy atom. The second-order valence-electron chi connectivity index (χ2n) is 9.54.